The lowest BCUT2D eigenvalue weighted by Gasteiger charge is -2.24. The highest BCUT2D eigenvalue weighted by molar-refractivity contribution is 7.17. The van der Waals surface area contributed by atoms with Crippen molar-refractivity contribution >= 4 is 9.24 Å². The van der Waals surface area contributed by atoms with Crippen molar-refractivity contribution in [3.05, 3.63) is 35.4 Å². The number of aryl methyl sites for hydroxylation is 1. The van der Waals surface area contributed by atoms with Crippen molar-refractivity contribution in [3.8, 4) is 0 Å². The van der Waals surface area contributed by atoms with E-state index in [1.165, 1.54) is 68.9 Å². The molecule has 2 atom stereocenters. The third kappa shape index (κ3) is 4.92. The summed E-state index contributed by atoms with van der Waals surface area (Å²) in [5.74, 6) is 0.969. The smallest absolute Gasteiger partial charge is 0.00119 e. The summed E-state index contributed by atoms with van der Waals surface area (Å²) >= 11 is 0. The first-order valence-electron chi connectivity index (χ1n) is 8.14. The molecule has 0 spiro atoms. The van der Waals surface area contributed by atoms with Gasteiger partial charge in [0.1, 0.15) is 0 Å². The summed E-state index contributed by atoms with van der Waals surface area (Å²) in [5, 5.41) is 0. The van der Waals surface area contributed by atoms with Crippen molar-refractivity contribution in [2.75, 3.05) is 0 Å². The van der Waals surface area contributed by atoms with Crippen molar-refractivity contribution in [3.63, 3.8) is 0 Å². The average Bonchev–Trinajstić information content (AvgIpc) is 2.46. The van der Waals surface area contributed by atoms with Crippen LogP contribution in [0, 0.1) is 5.92 Å². The van der Waals surface area contributed by atoms with Gasteiger partial charge in [-0.1, -0.05) is 69.7 Å². The molecule has 106 valence electrons. The van der Waals surface area contributed by atoms with E-state index in [4.69, 9.17) is 0 Å². The van der Waals surface area contributed by atoms with Crippen LogP contribution in [0.1, 0.15) is 75.1 Å². The topological polar surface area (TPSA) is 0 Å². The van der Waals surface area contributed by atoms with Crippen LogP contribution < -0.4 is 0 Å². The monoisotopic (exact) mass is 276 g/mol. The fraction of sp³-hybridized carbons (Fsp3) is 0.667. The molecule has 0 radical (unpaired) electrons. The van der Waals surface area contributed by atoms with E-state index in [1.54, 1.807) is 0 Å². The van der Waals surface area contributed by atoms with Crippen molar-refractivity contribution in [1.29, 1.82) is 0 Å². The summed E-state index contributed by atoms with van der Waals surface area (Å²) in [7, 11) is 3.07. The molecule has 0 nitrogen and oxygen atoms in total. The first-order valence-corrected chi connectivity index (χ1v) is 8.80. The van der Waals surface area contributed by atoms with Gasteiger partial charge in [0.2, 0.25) is 0 Å². The molecule has 0 bridgehead atoms. The Labute approximate surface area is 121 Å². The maximum Gasteiger partial charge on any atom is -0.00119 e. The number of hydrogen-bond acceptors (Lipinski definition) is 0. The van der Waals surface area contributed by atoms with Gasteiger partial charge < -0.3 is 0 Å². The summed E-state index contributed by atoms with van der Waals surface area (Å²) in [6, 6.07) is 9.38. The van der Waals surface area contributed by atoms with Crippen LogP contribution in [0.5, 0.6) is 0 Å². The van der Waals surface area contributed by atoms with Crippen molar-refractivity contribution < 1.29 is 0 Å². The van der Waals surface area contributed by atoms with Gasteiger partial charge >= 0.3 is 0 Å². The van der Waals surface area contributed by atoms with Gasteiger partial charge in [-0.2, -0.15) is 0 Å². The zero-order valence-electron chi connectivity index (χ0n) is 12.4. The standard InChI is InChI=1S/C18H29P/c1-2-3-7-15-10-12-17(13-11-15)18(19)14-16-8-5-4-6-9-16/h10-13,16,18H,2-9,14,19H2,1H3. The highest BCUT2D eigenvalue weighted by atomic mass is 31.0. The number of hydrogen-bond donors (Lipinski definition) is 0. The first kappa shape index (κ1) is 15.0. The SMILES string of the molecule is CCCCc1ccc(C(P)CC2CCCCC2)cc1. The first-order chi connectivity index (χ1) is 9.29. The van der Waals surface area contributed by atoms with Crippen LogP contribution in [-0.4, -0.2) is 0 Å². The molecule has 2 unspecified atom stereocenters. The van der Waals surface area contributed by atoms with E-state index in [0.29, 0.717) is 5.66 Å². The Bertz CT molecular complexity index is 348. The molecule has 0 amide bonds. The maximum absolute atomic E-state index is 3.07. The number of unbranched alkanes of at least 4 members (excludes halogenated alkanes) is 1. The molecule has 2 rings (SSSR count). The second-order valence-corrected chi connectivity index (χ2v) is 7.00. The Morgan fingerprint density at radius 1 is 1.11 bits per heavy atom. The molecule has 19 heavy (non-hydrogen) atoms. The minimum Gasteiger partial charge on any atom is -0.130 e. The van der Waals surface area contributed by atoms with E-state index in [-0.39, 0.29) is 0 Å². The minimum absolute atomic E-state index is 0.656. The van der Waals surface area contributed by atoms with Crippen LogP contribution >= 0.6 is 9.24 Å². The molecule has 0 N–H and O–H groups in total. The Hall–Kier alpha value is -0.350. The molecule has 1 aromatic rings. The summed E-state index contributed by atoms with van der Waals surface area (Å²) in [5.41, 5.74) is 3.67. The van der Waals surface area contributed by atoms with Crippen LogP contribution in [0.15, 0.2) is 24.3 Å². The highest BCUT2D eigenvalue weighted by Gasteiger charge is 2.17. The van der Waals surface area contributed by atoms with E-state index in [9.17, 15) is 0 Å². The van der Waals surface area contributed by atoms with E-state index >= 15 is 0 Å². The number of benzene rings is 1. The summed E-state index contributed by atoms with van der Waals surface area (Å²) in [6.45, 7) is 2.26. The molecule has 1 fully saturated rings. The molecule has 1 aromatic carbocycles. The molecular formula is C18H29P. The molecule has 1 aliphatic carbocycles. The van der Waals surface area contributed by atoms with Crippen molar-refractivity contribution in [2.45, 2.75) is 70.4 Å². The predicted molar refractivity (Wildman–Crippen MR) is 88.7 cm³/mol. The Kier molecular flexibility index (Phi) is 6.38. The minimum atomic E-state index is 0.656. The fourth-order valence-electron chi connectivity index (χ4n) is 3.23. The third-order valence-electron chi connectivity index (χ3n) is 4.54. The van der Waals surface area contributed by atoms with E-state index < -0.39 is 0 Å². The maximum atomic E-state index is 3.07. The van der Waals surface area contributed by atoms with Gasteiger partial charge in [-0.15, -0.1) is 9.24 Å². The van der Waals surface area contributed by atoms with Crippen LogP contribution in [-0.2, 0) is 6.42 Å². The van der Waals surface area contributed by atoms with E-state index in [0.717, 1.165) is 5.92 Å². The zero-order valence-corrected chi connectivity index (χ0v) is 13.6. The van der Waals surface area contributed by atoms with Crippen molar-refractivity contribution in [2.24, 2.45) is 5.92 Å². The quantitative estimate of drug-likeness (QED) is 0.566. The lowest BCUT2D eigenvalue weighted by atomic mass is 9.85. The molecular weight excluding hydrogens is 247 g/mol. The molecule has 1 aliphatic rings. The van der Waals surface area contributed by atoms with Gasteiger partial charge in [-0.05, 0) is 42.0 Å². The molecule has 1 saturated carbocycles. The lowest BCUT2D eigenvalue weighted by Crippen LogP contribution is -2.08. The normalized spacial score (nSPS) is 18.4. The Morgan fingerprint density at radius 2 is 1.79 bits per heavy atom. The Morgan fingerprint density at radius 3 is 2.42 bits per heavy atom. The summed E-state index contributed by atoms with van der Waals surface area (Å²) in [4.78, 5) is 0. The third-order valence-corrected chi connectivity index (χ3v) is 5.20. The number of rotatable bonds is 6. The van der Waals surface area contributed by atoms with Gasteiger partial charge in [0.05, 0.1) is 0 Å². The van der Waals surface area contributed by atoms with E-state index in [2.05, 4.69) is 40.4 Å². The van der Waals surface area contributed by atoms with E-state index in [1.807, 2.05) is 0 Å². The van der Waals surface area contributed by atoms with Crippen molar-refractivity contribution in [1.82, 2.24) is 0 Å². The summed E-state index contributed by atoms with van der Waals surface area (Å²) in [6.07, 6.45) is 12.5. The van der Waals surface area contributed by atoms with Crippen LogP contribution in [0.2, 0.25) is 0 Å². The fourth-order valence-corrected chi connectivity index (χ4v) is 3.84. The second kappa shape index (κ2) is 8.05. The molecule has 0 heterocycles. The van der Waals surface area contributed by atoms with Gasteiger partial charge in [-0.3, -0.25) is 0 Å². The molecule has 0 aliphatic heterocycles. The average molecular weight is 276 g/mol. The predicted octanol–water partition coefficient (Wildman–Crippen LogP) is 5.92. The molecule has 0 saturated heterocycles. The second-order valence-electron chi connectivity index (χ2n) is 6.19. The Balaban J connectivity index is 1.85. The van der Waals surface area contributed by atoms with Crippen LogP contribution in [0.25, 0.3) is 0 Å². The highest BCUT2D eigenvalue weighted by Crippen LogP contribution is 2.36. The molecule has 1 heteroatoms. The van der Waals surface area contributed by atoms with Gasteiger partial charge in [-0.25, -0.2) is 0 Å². The zero-order chi connectivity index (χ0) is 13.5. The van der Waals surface area contributed by atoms with Crippen LogP contribution in [0.3, 0.4) is 0 Å². The van der Waals surface area contributed by atoms with Gasteiger partial charge in [0, 0.05) is 0 Å². The lowest BCUT2D eigenvalue weighted by molar-refractivity contribution is 0.337. The molecule has 0 aromatic heterocycles. The van der Waals surface area contributed by atoms with Gasteiger partial charge in [0.15, 0.2) is 0 Å². The van der Waals surface area contributed by atoms with Gasteiger partial charge in [0.25, 0.3) is 0 Å². The largest absolute Gasteiger partial charge is 0.130 e. The summed E-state index contributed by atoms with van der Waals surface area (Å²) < 4.78 is 0. The van der Waals surface area contributed by atoms with Crippen LogP contribution in [0.4, 0.5) is 0 Å².